The molecule has 8 heteroatoms. The van der Waals surface area contributed by atoms with Gasteiger partial charge in [-0.15, -0.1) is 0 Å². The van der Waals surface area contributed by atoms with Crippen molar-refractivity contribution >= 4 is 5.91 Å². The number of imidazole rings is 1. The Morgan fingerprint density at radius 1 is 1.29 bits per heavy atom. The van der Waals surface area contributed by atoms with Crippen LogP contribution in [0.2, 0.25) is 0 Å². The van der Waals surface area contributed by atoms with Crippen molar-refractivity contribution in [2.45, 2.75) is 24.6 Å². The van der Waals surface area contributed by atoms with Gasteiger partial charge in [-0.05, 0) is 12.0 Å². The number of aromatic nitrogens is 2. The Morgan fingerprint density at radius 3 is 2.50 bits per heavy atom. The van der Waals surface area contributed by atoms with Crippen LogP contribution in [-0.2, 0) is 23.9 Å². The molecular weight excluding hydrogens is 323 g/mol. The average molecular weight is 341 g/mol. The van der Waals surface area contributed by atoms with Crippen LogP contribution >= 0.6 is 0 Å². The number of hydrogen-bond acceptors (Lipinski definition) is 3. The molecule has 1 aromatic heterocycles. The van der Waals surface area contributed by atoms with Gasteiger partial charge in [0.25, 0.3) is 0 Å². The molecule has 5 nitrogen and oxygen atoms in total. The lowest BCUT2D eigenvalue weighted by Gasteiger charge is -2.29. The highest BCUT2D eigenvalue weighted by Gasteiger charge is 2.58. The van der Waals surface area contributed by atoms with Crippen molar-refractivity contribution in [2.24, 2.45) is 7.05 Å². The van der Waals surface area contributed by atoms with Gasteiger partial charge in [-0.25, -0.2) is 4.98 Å². The number of benzene rings is 1. The van der Waals surface area contributed by atoms with E-state index < -0.39 is 29.9 Å². The molecule has 0 fully saturated rings. The summed E-state index contributed by atoms with van der Waals surface area (Å²) in [6.07, 6.45) is -3.27. The highest BCUT2D eigenvalue weighted by Crippen LogP contribution is 2.40. The van der Waals surface area contributed by atoms with Gasteiger partial charge in [0.15, 0.2) is 5.82 Å². The molecule has 0 aliphatic rings. The normalized spacial score (nSPS) is 14.2. The first-order valence-electron chi connectivity index (χ1n) is 7.31. The molecule has 0 saturated carbocycles. The number of carbonyl (C=O) groups is 1. The molecule has 0 unspecified atom stereocenters. The van der Waals surface area contributed by atoms with Crippen LogP contribution in [0.4, 0.5) is 13.2 Å². The van der Waals surface area contributed by atoms with E-state index in [4.69, 9.17) is 0 Å². The second kappa shape index (κ2) is 7.04. The third kappa shape index (κ3) is 3.94. The molecule has 1 aromatic carbocycles. The Balaban J connectivity index is 2.02. The van der Waals surface area contributed by atoms with Crippen LogP contribution in [0.25, 0.3) is 0 Å². The van der Waals surface area contributed by atoms with E-state index in [1.54, 1.807) is 0 Å². The summed E-state index contributed by atoms with van der Waals surface area (Å²) in [7, 11) is 1.33. The molecule has 1 heterocycles. The minimum Gasteiger partial charge on any atom is -0.374 e. The number of aryl methyl sites for hydroxylation is 1. The summed E-state index contributed by atoms with van der Waals surface area (Å²) < 4.78 is 41.0. The number of amides is 1. The van der Waals surface area contributed by atoms with E-state index >= 15 is 0 Å². The summed E-state index contributed by atoms with van der Waals surface area (Å²) in [4.78, 5) is 15.4. The van der Waals surface area contributed by atoms with Gasteiger partial charge >= 0.3 is 6.18 Å². The monoisotopic (exact) mass is 341 g/mol. The van der Waals surface area contributed by atoms with E-state index in [2.05, 4.69) is 10.3 Å². The molecule has 0 aliphatic carbocycles. The number of aliphatic hydroxyl groups is 1. The van der Waals surface area contributed by atoms with Crippen LogP contribution in [0, 0.1) is 0 Å². The number of hydrogen-bond donors (Lipinski definition) is 2. The molecule has 1 atom stereocenters. The molecule has 24 heavy (non-hydrogen) atoms. The Bertz CT molecular complexity index is 685. The zero-order chi connectivity index (χ0) is 17.8. The van der Waals surface area contributed by atoms with Crippen LogP contribution < -0.4 is 5.32 Å². The molecule has 0 spiro atoms. The van der Waals surface area contributed by atoms with Crippen molar-refractivity contribution in [3.05, 3.63) is 54.1 Å². The van der Waals surface area contributed by atoms with Crippen LogP contribution in [-0.4, -0.2) is 33.3 Å². The lowest BCUT2D eigenvalue weighted by Crippen LogP contribution is -2.48. The summed E-state index contributed by atoms with van der Waals surface area (Å²) in [5, 5.41) is 12.5. The molecule has 0 bridgehead atoms. The largest absolute Gasteiger partial charge is 0.425 e. The summed E-state index contributed by atoms with van der Waals surface area (Å²) in [5.74, 6) is -1.51. The second-order valence-electron chi connectivity index (χ2n) is 5.48. The van der Waals surface area contributed by atoms with Gasteiger partial charge in [0, 0.05) is 26.0 Å². The number of carbonyl (C=O) groups excluding carboxylic acids is 1. The average Bonchev–Trinajstić information content (AvgIpc) is 2.93. The number of nitrogens with zero attached hydrogens (tertiary/aromatic N) is 2. The van der Waals surface area contributed by atoms with Crippen LogP contribution in [0.5, 0.6) is 0 Å². The molecule has 0 aliphatic heterocycles. The summed E-state index contributed by atoms with van der Waals surface area (Å²) >= 11 is 0. The molecule has 2 aromatic rings. The van der Waals surface area contributed by atoms with E-state index in [0.29, 0.717) is 6.42 Å². The lowest BCUT2D eigenvalue weighted by atomic mass is 9.97. The maximum Gasteiger partial charge on any atom is 0.425 e. The molecular formula is C16H18F3N3O2. The Hall–Kier alpha value is -2.35. The predicted molar refractivity (Wildman–Crippen MR) is 80.9 cm³/mol. The van der Waals surface area contributed by atoms with Crippen molar-refractivity contribution in [3.63, 3.8) is 0 Å². The maximum atomic E-state index is 13.3. The fourth-order valence-electron chi connectivity index (χ4n) is 2.36. The van der Waals surface area contributed by atoms with Crippen molar-refractivity contribution in [3.8, 4) is 0 Å². The van der Waals surface area contributed by atoms with Gasteiger partial charge in [0.2, 0.25) is 11.5 Å². The van der Waals surface area contributed by atoms with Gasteiger partial charge in [0.1, 0.15) is 0 Å². The van der Waals surface area contributed by atoms with Crippen LogP contribution in [0.3, 0.4) is 0 Å². The fourth-order valence-corrected chi connectivity index (χ4v) is 2.36. The molecule has 2 N–H and O–H groups in total. The summed E-state index contributed by atoms with van der Waals surface area (Å²) in [6.45, 7) is 0.178. The number of halogens is 3. The van der Waals surface area contributed by atoms with Crippen LogP contribution in [0.1, 0.15) is 17.8 Å². The standard InChI is InChI=1S/C16H18F3N3O2/c1-22-10-9-21-14(22)15(24,16(17,18)19)11-13(23)20-8-7-12-5-3-2-4-6-12/h2-6,9-10,24H,7-8,11H2,1H3,(H,20,23)/t15-/m1/s1. The van der Waals surface area contributed by atoms with Crippen molar-refractivity contribution in [2.75, 3.05) is 6.54 Å². The minimum atomic E-state index is -5.02. The zero-order valence-electron chi connectivity index (χ0n) is 13.0. The van der Waals surface area contributed by atoms with Crippen LogP contribution in [0.15, 0.2) is 42.7 Å². The molecule has 0 saturated heterocycles. The van der Waals surface area contributed by atoms with E-state index in [1.165, 1.54) is 13.2 Å². The molecule has 1 amide bonds. The minimum absolute atomic E-state index is 0.178. The molecule has 2 rings (SSSR count). The number of rotatable bonds is 6. The number of alkyl halides is 3. The third-order valence-corrected chi connectivity index (χ3v) is 3.66. The number of nitrogens with one attached hydrogen (secondary N) is 1. The van der Waals surface area contributed by atoms with E-state index in [-0.39, 0.29) is 6.54 Å². The third-order valence-electron chi connectivity index (χ3n) is 3.66. The quantitative estimate of drug-likeness (QED) is 0.844. The predicted octanol–water partition coefficient (Wildman–Crippen LogP) is 1.92. The second-order valence-corrected chi connectivity index (χ2v) is 5.48. The first kappa shape index (κ1) is 18.0. The van der Waals surface area contributed by atoms with E-state index in [1.807, 2.05) is 30.3 Å². The van der Waals surface area contributed by atoms with Gasteiger partial charge in [0.05, 0.1) is 6.42 Å². The topological polar surface area (TPSA) is 67.1 Å². The van der Waals surface area contributed by atoms with E-state index in [9.17, 15) is 23.1 Å². The van der Waals surface area contributed by atoms with Crippen molar-refractivity contribution < 1.29 is 23.1 Å². The molecule has 130 valence electrons. The van der Waals surface area contributed by atoms with Gasteiger partial charge in [-0.1, -0.05) is 30.3 Å². The highest BCUT2D eigenvalue weighted by atomic mass is 19.4. The first-order chi connectivity index (χ1) is 11.2. The maximum absolute atomic E-state index is 13.3. The lowest BCUT2D eigenvalue weighted by molar-refractivity contribution is -0.271. The Labute approximate surface area is 137 Å². The fraction of sp³-hybridized carbons (Fsp3) is 0.375. The zero-order valence-corrected chi connectivity index (χ0v) is 13.0. The van der Waals surface area contributed by atoms with E-state index in [0.717, 1.165) is 16.3 Å². The highest BCUT2D eigenvalue weighted by molar-refractivity contribution is 5.77. The van der Waals surface area contributed by atoms with Crippen molar-refractivity contribution in [1.29, 1.82) is 0 Å². The Morgan fingerprint density at radius 2 is 1.96 bits per heavy atom. The smallest absolute Gasteiger partial charge is 0.374 e. The summed E-state index contributed by atoms with van der Waals surface area (Å²) in [6, 6.07) is 9.22. The first-order valence-corrected chi connectivity index (χ1v) is 7.31. The SMILES string of the molecule is Cn1ccnc1[C@](O)(CC(=O)NCCc1ccccc1)C(F)(F)F. The molecule has 0 radical (unpaired) electrons. The van der Waals surface area contributed by atoms with Gasteiger partial charge < -0.3 is 15.0 Å². The van der Waals surface area contributed by atoms with Gasteiger partial charge in [-0.3, -0.25) is 4.79 Å². The van der Waals surface area contributed by atoms with Crippen molar-refractivity contribution in [1.82, 2.24) is 14.9 Å². The Kier molecular flexibility index (Phi) is 5.28. The van der Waals surface area contributed by atoms with Gasteiger partial charge in [-0.2, -0.15) is 13.2 Å². The summed E-state index contributed by atoms with van der Waals surface area (Å²) in [5.41, 5.74) is -2.38.